The summed E-state index contributed by atoms with van der Waals surface area (Å²) >= 11 is 2.10. The fraction of sp³-hybridized carbons (Fsp3) is 0.917. The van der Waals surface area contributed by atoms with E-state index in [0.717, 1.165) is 0 Å². The minimum absolute atomic E-state index is 0.0379. The number of alkyl halides is 1. The lowest BCUT2D eigenvalue weighted by Crippen LogP contribution is -2.62. The van der Waals surface area contributed by atoms with Gasteiger partial charge < -0.3 is 5.32 Å². The summed E-state index contributed by atoms with van der Waals surface area (Å²) in [6.07, 6.45) is 1.41. The molecule has 1 N–H and O–H groups in total. The predicted molar refractivity (Wildman–Crippen MR) is 75.3 cm³/mol. The molecule has 1 saturated heterocycles. The van der Waals surface area contributed by atoms with Gasteiger partial charge in [0.25, 0.3) is 0 Å². The van der Waals surface area contributed by atoms with Crippen molar-refractivity contribution in [1.29, 1.82) is 0 Å². The van der Waals surface area contributed by atoms with Gasteiger partial charge in [-0.3, -0.25) is 4.79 Å². The molecule has 0 spiro atoms. The highest BCUT2D eigenvalue weighted by Gasteiger charge is 2.46. The Kier molecular flexibility index (Phi) is 4.47. The van der Waals surface area contributed by atoms with Gasteiger partial charge in [0, 0.05) is 17.1 Å². The molecule has 0 aromatic rings. The van der Waals surface area contributed by atoms with Gasteiger partial charge in [0.15, 0.2) is 0 Å². The number of amides is 1. The number of hydrogen-bond acceptors (Lipinski definition) is 2. The monoisotopic (exact) mass is 353 g/mol. The van der Waals surface area contributed by atoms with E-state index < -0.39 is 11.1 Å². The van der Waals surface area contributed by atoms with Crippen molar-refractivity contribution in [1.82, 2.24) is 10.4 Å². The first-order chi connectivity index (χ1) is 7.56. The van der Waals surface area contributed by atoms with Crippen LogP contribution in [-0.2, 0) is 10.0 Å². The maximum atomic E-state index is 12.1. The summed E-state index contributed by atoms with van der Waals surface area (Å²) in [6, 6.07) is 0.0925. The molecule has 1 aliphatic rings. The van der Waals surface area contributed by atoms with Crippen LogP contribution in [-0.4, -0.2) is 32.0 Å². The van der Waals surface area contributed by atoms with Gasteiger partial charge in [0.1, 0.15) is 0 Å². The first-order valence-electron chi connectivity index (χ1n) is 5.98. The molecule has 4 nitrogen and oxygen atoms in total. The van der Waals surface area contributed by atoms with Crippen molar-refractivity contribution in [2.75, 3.05) is 0 Å². The average molecular weight is 353 g/mol. The van der Waals surface area contributed by atoms with Gasteiger partial charge in [-0.05, 0) is 47.5 Å². The molecule has 5 heteroatoms. The highest BCUT2D eigenvalue weighted by Crippen LogP contribution is 2.36. The van der Waals surface area contributed by atoms with Crippen LogP contribution in [0.3, 0.4) is 0 Å². The number of nitrogens with one attached hydrogen (secondary N) is 1. The Morgan fingerprint density at radius 1 is 1.29 bits per heavy atom. The van der Waals surface area contributed by atoms with Gasteiger partial charge in [-0.15, -0.1) is 10.3 Å². The second kappa shape index (κ2) is 5.01. The van der Waals surface area contributed by atoms with Crippen molar-refractivity contribution in [2.24, 2.45) is 0 Å². The number of halogens is 1. The number of piperidine rings is 1. The van der Waals surface area contributed by atoms with E-state index in [1.165, 1.54) is 5.06 Å². The lowest BCUT2D eigenvalue weighted by molar-refractivity contribution is -0.290. The molecule has 1 atom stereocenters. The summed E-state index contributed by atoms with van der Waals surface area (Å²) in [5.74, 6) is 0.0570. The molecule has 1 radical (unpaired) electrons. The molecule has 0 aliphatic carbocycles. The third-order valence-corrected chi connectivity index (χ3v) is 3.86. The summed E-state index contributed by atoms with van der Waals surface area (Å²) < 4.78 is -0.0379. The van der Waals surface area contributed by atoms with Crippen LogP contribution in [0.15, 0.2) is 0 Å². The Labute approximate surface area is 117 Å². The van der Waals surface area contributed by atoms with E-state index in [2.05, 4.69) is 27.9 Å². The molecule has 1 unspecified atom stereocenters. The van der Waals surface area contributed by atoms with Crippen LogP contribution < -0.4 is 5.32 Å². The predicted octanol–water partition coefficient (Wildman–Crippen LogP) is 2.29. The molecule has 1 fully saturated rings. The van der Waals surface area contributed by atoms with Crippen LogP contribution >= 0.6 is 22.6 Å². The number of hydroxylamine groups is 2. The molecule has 0 aromatic carbocycles. The molecular formula is C12H22IN2O2. The normalized spacial score (nSPS) is 26.5. The van der Waals surface area contributed by atoms with Crippen LogP contribution in [0.2, 0.25) is 0 Å². The second-order valence-electron chi connectivity index (χ2n) is 6.15. The van der Waals surface area contributed by atoms with Crippen molar-refractivity contribution >= 4 is 28.5 Å². The van der Waals surface area contributed by atoms with E-state index in [1.54, 1.807) is 0 Å². The minimum atomic E-state index is -0.422. The number of carbonyl (C=O) groups excluding carboxylic acids is 1. The molecule has 0 aromatic heterocycles. The zero-order valence-corrected chi connectivity index (χ0v) is 13.4. The Hall–Kier alpha value is 0.120. The minimum Gasteiger partial charge on any atom is -0.352 e. The molecule has 1 heterocycles. The molecule has 0 bridgehead atoms. The van der Waals surface area contributed by atoms with Gasteiger partial charge in [0.2, 0.25) is 5.91 Å². The number of rotatable bonds is 2. The molecule has 17 heavy (non-hydrogen) atoms. The number of carbonyl (C=O) groups is 1. The molecule has 1 aliphatic heterocycles. The van der Waals surface area contributed by atoms with Gasteiger partial charge >= 0.3 is 0 Å². The van der Waals surface area contributed by atoms with Crippen molar-refractivity contribution in [3.63, 3.8) is 0 Å². The summed E-state index contributed by atoms with van der Waals surface area (Å²) in [7, 11) is 0. The highest BCUT2D eigenvalue weighted by atomic mass is 127. The second-order valence-corrected chi connectivity index (χ2v) is 8.02. The quantitative estimate of drug-likeness (QED) is 0.612. The van der Waals surface area contributed by atoms with E-state index in [0.29, 0.717) is 12.8 Å². The van der Waals surface area contributed by atoms with Crippen LogP contribution in [0.5, 0.6) is 0 Å². The smallest absolute Gasteiger partial charge is 0.232 e. The zero-order valence-electron chi connectivity index (χ0n) is 11.2. The van der Waals surface area contributed by atoms with Crippen LogP contribution in [0, 0.1) is 0 Å². The van der Waals surface area contributed by atoms with Crippen LogP contribution in [0.4, 0.5) is 0 Å². The molecule has 99 valence electrons. The number of hydrogen-bond donors (Lipinski definition) is 1. The van der Waals surface area contributed by atoms with Crippen molar-refractivity contribution in [3.05, 3.63) is 0 Å². The van der Waals surface area contributed by atoms with Crippen molar-refractivity contribution in [2.45, 2.75) is 68.5 Å². The summed E-state index contributed by atoms with van der Waals surface area (Å²) in [5.41, 5.74) is -0.845. The number of nitrogens with zero attached hydrogens (tertiary/aromatic N) is 1. The lowest BCUT2D eigenvalue weighted by atomic mass is 9.79. The molecule has 1 rings (SSSR count). The molecular weight excluding hydrogens is 331 g/mol. The topological polar surface area (TPSA) is 52.2 Å². The summed E-state index contributed by atoms with van der Waals surface area (Å²) in [5, 5.41) is 16.4. The van der Waals surface area contributed by atoms with Gasteiger partial charge in [-0.2, -0.15) is 0 Å². The van der Waals surface area contributed by atoms with Crippen LogP contribution in [0.25, 0.3) is 0 Å². The molecule has 0 saturated carbocycles. The Morgan fingerprint density at radius 2 is 1.71 bits per heavy atom. The van der Waals surface area contributed by atoms with E-state index in [-0.39, 0.29) is 15.9 Å². The Morgan fingerprint density at radius 3 is 2.06 bits per heavy atom. The first kappa shape index (κ1) is 15.2. The van der Waals surface area contributed by atoms with E-state index in [9.17, 15) is 10.0 Å². The fourth-order valence-electron chi connectivity index (χ4n) is 2.68. The Bertz CT molecular complexity index is 285. The van der Waals surface area contributed by atoms with Gasteiger partial charge in [-0.25, -0.2) is 0 Å². The third-order valence-electron chi connectivity index (χ3n) is 3.30. The van der Waals surface area contributed by atoms with Crippen molar-refractivity contribution < 1.29 is 10.0 Å². The maximum Gasteiger partial charge on any atom is 0.232 e. The fourth-order valence-corrected chi connectivity index (χ4v) is 2.86. The first-order valence-corrected chi connectivity index (χ1v) is 7.23. The molecule has 1 amide bonds. The SMILES string of the molecule is CC(I)C(=O)NC1CC(C)(C)N([O])C(C)(C)C1. The largest absolute Gasteiger partial charge is 0.352 e. The summed E-state index contributed by atoms with van der Waals surface area (Å²) in [6.45, 7) is 9.62. The Balaban J connectivity index is 2.75. The summed E-state index contributed by atoms with van der Waals surface area (Å²) in [4.78, 5) is 11.7. The van der Waals surface area contributed by atoms with Gasteiger partial charge in [0.05, 0.1) is 3.92 Å². The highest BCUT2D eigenvalue weighted by molar-refractivity contribution is 14.1. The van der Waals surface area contributed by atoms with E-state index in [4.69, 9.17) is 0 Å². The average Bonchev–Trinajstić information content (AvgIpc) is 2.12. The van der Waals surface area contributed by atoms with E-state index >= 15 is 0 Å². The van der Waals surface area contributed by atoms with Crippen molar-refractivity contribution in [3.8, 4) is 0 Å². The standard InChI is InChI=1S/C12H22IN2O2/c1-8(13)10(16)14-9-6-11(2,3)15(17)12(4,5)7-9/h8-9H,6-7H2,1-5H3,(H,14,16). The van der Waals surface area contributed by atoms with Gasteiger partial charge in [-0.1, -0.05) is 22.6 Å². The van der Waals surface area contributed by atoms with Crippen LogP contribution in [0.1, 0.15) is 47.5 Å². The maximum absolute atomic E-state index is 12.1. The lowest BCUT2D eigenvalue weighted by Gasteiger charge is -2.50. The van der Waals surface area contributed by atoms with E-state index in [1.807, 2.05) is 34.6 Å². The zero-order chi connectivity index (χ0) is 13.4. The third kappa shape index (κ3) is 3.54.